The van der Waals surface area contributed by atoms with Crippen molar-refractivity contribution in [3.8, 4) is 0 Å². The van der Waals surface area contributed by atoms with E-state index in [4.69, 9.17) is 21.0 Å². The Morgan fingerprint density at radius 3 is 2.45 bits per heavy atom. The van der Waals surface area contributed by atoms with Crippen molar-refractivity contribution < 1.29 is 23.4 Å². The number of rotatable bonds is 7. The van der Waals surface area contributed by atoms with E-state index in [0.717, 1.165) is 16.7 Å². The van der Waals surface area contributed by atoms with E-state index in [1.54, 1.807) is 0 Å². The lowest BCUT2D eigenvalue weighted by atomic mass is 9.98. The van der Waals surface area contributed by atoms with Crippen LogP contribution in [0, 0.1) is 6.92 Å². The Morgan fingerprint density at radius 1 is 1.41 bits per heavy atom. The Labute approximate surface area is 137 Å². The summed E-state index contributed by atoms with van der Waals surface area (Å²) in [5.74, 6) is 0. The topological polar surface area (TPSA) is 69.6 Å². The molecule has 3 unspecified atom stereocenters. The molecule has 1 aromatic carbocycles. The number of phosphoric acid groups is 1. The average Bonchev–Trinajstić information content (AvgIpc) is 2.26. The first-order chi connectivity index (χ1) is 9.87. The molecule has 1 N–H and O–H groups in total. The van der Waals surface area contributed by atoms with Crippen LogP contribution in [-0.2, 0) is 15.5 Å². The van der Waals surface area contributed by atoms with E-state index in [1.807, 2.05) is 53.2 Å². The molecule has 0 heterocycles. The molecule has 0 aliphatic rings. The number of halogens is 1. The molecule has 0 bridgehead atoms. The number of quaternary nitrogens is 1. The summed E-state index contributed by atoms with van der Waals surface area (Å²) >= 11 is 6.03. The number of phosphoric ester groups is 1. The molecule has 0 fully saturated rings. The van der Waals surface area contributed by atoms with Gasteiger partial charge in [0.1, 0.15) is 12.6 Å². The maximum absolute atomic E-state index is 11.2. The summed E-state index contributed by atoms with van der Waals surface area (Å²) in [4.78, 5) is 20.3. The SMILES string of the molecule is Cc1ccc(CC(C)Cl)cc1C(C[N+](C)(C)C)OP(=O)([O-])O. The Balaban J connectivity index is 3.19. The van der Waals surface area contributed by atoms with Gasteiger partial charge in [0.15, 0.2) is 0 Å². The zero-order valence-electron chi connectivity index (χ0n) is 13.7. The Hall–Kier alpha value is -0.420. The van der Waals surface area contributed by atoms with Gasteiger partial charge in [0, 0.05) is 5.38 Å². The average molecular weight is 350 g/mol. The largest absolute Gasteiger partial charge is 0.756 e. The molecule has 0 aromatic heterocycles. The molecule has 3 atom stereocenters. The molecule has 22 heavy (non-hydrogen) atoms. The molecule has 0 amide bonds. The summed E-state index contributed by atoms with van der Waals surface area (Å²) in [6, 6.07) is 5.80. The molecule has 1 rings (SSSR count). The highest BCUT2D eigenvalue weighted by molar-refractivity contribution is 7.44. The first-order valence-corrected chi connectivity index (χ1v) is 9.07. The van der Waals surface area contributed by atoms with Crippen molar-refractivity contribution in [3.05, 3.63) is 34.9 Å². The Kier molecular flexibility index (Phi) is 6.63. The second kappa shape index (κ2) is 7.43. The van der Waals surface area contributed by atoms with Crippen LogP contribution < -0.4 is 4.89 Å². The summed E-state index contributed by atoms with van der Waals surface area (Å²) < 4.78 is 16.7. The number of hydrogen-bond donors (Lipinski definition) is 1. The van der Waals surface area contributed by atoms with Crippen LogP contribution >= 0.6 is 19.4 Å². The van der Waals surface area contributed by atoms with Crippen molar-refractivity contribution in [2.24, 2.45) is 0 Å². The second-order valence-corrected chi connectivity index (χ2v) is 8.60. The zero-order chi connectivity index (χ0) is 17.1. The highest BCUT2D eigenvalue weighted by Gasteiger charge is 2.26. The predicted octanol–water partition coefficient (Wildman–Crippen LogP) is 2.39. The van der Waals surface area contributed by atoms with Crippen LogP contribution in [0.2, 0.25) is 0 Å². The van der Waals surface area contributed by atoms with Crippen molar-refractivity contribution in [1.29, 1.82) is 0 Å². The number of aryl methyl sites for hydroxylation is 1. The number of hydrogen-bond acceptors (Lipinski definition) is 3. The predicted molar refractivity (Wildman–Crippen MR) is 86.7 cm³/mol. The molecule has 0 spiro atoms. The van der Waals surface area contributed by atoms with Gasteiger partial charge in [0.25, 0.3) is 7.82 Å². The maximum atomic E-state index is 11.2. The molecular weight excluding hydrogens is 325 g/mol. The van der Waals surface area contributed by atoms with Crippen LogP contribution in [0.4, 0.5) is 0 Å². The van der Waals surface area contributed by atoms with Crippen LogP contribution in [0.3, 0.4) is 0 Å². The monoisotopic (exact) mass is 349 g/mol. The summed E-state index contributed by atoms with van der Waals surface area (Å²) in [6.07, 6.45) is -0.0565. The highest BCUT2D eigenvalue weighted by Crippen LogP contribution is 2.40. The maximum Gasteiger partial charge on any atom is 0.266 e. The summed E-state index contributed by atoms with van der Waals surface area (Å²) in [7, 11) is 0.980. The molecule has 0 saturated carbocycles. The fourth-order valence-electron chi connectivity index (χ4n) is 2.34. The molecule has 0 aliphatic heterocycles. The molecule has 126 valence electrons. The number of nitrogens with zero attached hydrogens (tertiary/aromatic N) is 1. The molecular formula is C15H25ClNO4P. The fraction of sp³-hybridized carbons (Fsp3) is 0.600. The zero-order valence-corrected chi connectivity index (χ0v) is 15.4. The molecule has 0 radical (unpaired) electrons. The third-order valence-electron chi connectivity index (χ3n) is 3.18. The van der Waals surface area contributed by atoms with E-state index in [0.29, 0.717) is 17.4 Å². The lowest BCUT2D eigenvalue weighted by Crippen LogP contribution is -2.39. The fourth-order valence-corrected chi connectivity index (χ4v) is 3.02. The van der Waals surface area contributed by atoms with Crippen LogP contribution in [0.25, 0.3) is 0 Å². The Bertz CT molecular complexity index is 551. The van der Waals surface area contributed by atoms with Crippen molar-refractivity contribution in [3.63, 3.8) is 0 Å². The quantitative estimate of drug-likeness (QED) is 0.466. The first-order valence-electron chi connectivity index (χ1n) is 7.13. The van der Waals surface area contributed by atoms with E-state index < -0.39 is 13.9 Å². The van der Waals surface area contributed by atoms with Crippen molar-refractivity contribution >= 4 is 19.4 Å². The standard InChI is InChI=1S/C15H25ClNO4P/c1-11-6-7-13(8-12(2)16)9-14(11)15(10-17(3,4)5)21-22(18,19)20/h6-7,9,12,15H,8,10H2,1-5H3,(H-,18,19,20). The van der Waals surface area contributed by atoms with Gasteiger partial charge >= 0.3 is 0 Å². The van der Waals surface area contributed by atoms with Gasteiger partial charge in [0.05, 0.1) is 21.1 Å². The Morgan fingerprint density at radius 2 is 2.00 bits per heavy atom. The van der Waals surface area contributed by atoms with Crippen LogP contribution in [-0.4, -0.2) is 42.4 Å². The van der Waals surface area contributed by atoms with Crippen molar-refractivity contribution in [2.45, 2.75) is 31.7 Å². The highest BCUT2D eigenvalue weighted by atomic mass is 35.5. The lowest BCUT2D eigenvalue weighted by molar-refractivity contribution is -0.874. The van der Waals surface area contributed by atoms with Gasteiger partial charge in [0.2, 0.25) is 0 Å². The molecule has 7 heteroatoms. The third kappa shape index (κ3) is 7.23. The normalized spacial score (nSPS) is 17.8. The van der Waals surface area contributed by atoms with Gasteiger partial charge < -0.3 is 18.8 Å². The van der Waals surface area contributed by atoms with Gasteiger partial charge in [-0.1, -0.05) is 18.2 Å². The summed E-state index contributed by atoms with van der Waals surface area (Å²) in [5.41, 5.74) is 2.68. The second-order valence-electron chi connectivity index (χ2n) is 6.71. The van der Waals surface area contributed by atoms with Gasteiger partial charge in [-0.25, -0.2) is 0 Å². The summed E-state index contributed by atoms with van der Waals surface area (Å²) in [5, 5.41) is -0.0169. The van der Waals surface area contributed by atoms with E-state index in [9.17, 15) is 9.46 Å². The number of alkyl halides is 1. The molecule has 5 nitrogen and oxygen atoms in total. The number of likely N-dealkylation sites (N-methyl/N-ethyl adjacent to an activating group) is 1. The third-order valence-corrected chi connectivity index (χ3v) is 3.86. The minimum Gasteiger partial charge on any atom is -0.756 e. The molecule has 1 aromatic rings. The van der Waals surface area contributed by atoms with Gasteiger partial charge in [-0.3, -0.25) is 4.57 Å². The van der Waals surface area contributed by atoms with E-state index in [-0.39, 0.29) is 5.38 Å². The molecule has 0 saturated heterocycles. The lowest BCUT2D eigenvalue weighted by Gasteiger charge is -2.32. The van der Waals surface area contributed by atoms with Gasteiger partial charge in [-0.05, 0) is 37.0 Å². The van der Waals surface area contributed by atoms with Crippen LogP contribution in [0.1, 0.15) is 29.7 Å². The smallest absolute Gasteiger partial charge is 0.266 e. The molecule has 0 aliphatic carbocycles. The van der Waals surface area contributed by atoms with Crippen LogP contribution in [0.5, 0.6) is 0 Å². The summed E-state index contributed by atoms with van der Waals surface area (Å²) in [6.45, 7) is 4.20. The van der Waals surface area contributed by atoms with Gasteiger partial charge in [-0.2, -0.15) is 0 Å². The van der Waals surface area contributed by atoms with Gasteiger partial charge in [-0.15, -0.1) is 11.6 Å². The van der Waals surface area contributed by atoms with E-state index in [1.165, 1.54) is 0 Å². The van der Waals surface area contributed by atoms with E-state index >= 15 is 0 Å². The van der Waals surface area contributed by atoms with Crippen LogP contribution in [0.15, 0.2) is 18.2 Å². The number of benzene rings is 1. The van der Waals surface area contributed by atoms with E-state index in [2.05, 4.69) is 0 Å². The minimum absolute atomic E-state index is 0.0169. The van der Waals surface area contributed by atoms with Crippen molar-refractivity contribution in [2.75, 3.05) is 27.7 Å². The first kappa shape index (κ1) is 19.6. The van der Waals surface area contributed by atoms with Crippen molar-refractivity contribution in [1.82, 2.24) is 0 Å². The minimum atomic E-state index is -4.82.